The second kappa shape index (κ2) is 8.69. The zero-order valence-corrected chi connectivity index (χ0v) is 16.4. The molecule has 3 N–H and O–H groups in total. The van der Waals surface area contributed by atoms with Gasteiger partial charge in [-0.05, 0) is 62.6 Å². The van der Waals surface area contributed by atoms with Gasteiger partial charge in [-0.2, -0.15) is 0 Å². The first-order valence-corrected chi connectivity index (χ1v) is 10.4. The number of ether oxygens (including phenoxy) is 1. The molecule has 150 valence electrons. The normalized spacial score (nSPS) is 26.5. The number of amides is 2. The van der Waals surface area contributed by atoms with E-state index in [1.54, 1.807) is 11.2 Å². The van der Waals surface area contributed by atoms with Crippen molar-refractivity contribution in [2.45, 2.75) is 63.7 Å². The van der Waals surface area contributed by atoms with Crippen LogP contribution in [0.5, 0.6) is 5.75 Å². The maximum atomic E-state index is 12.5. The predicted molar refractivity (Wildman–Crippen MR) is 108 cm³/mol. The summed E-state index contributed by atoms with van der Waals surface area (Å²) in [4.78, 5) is 14.1. The van der Waals surface area contributed by atoms with Gasteiger partial charge < -0.3 is 24.7 Å². The molecule has 2 saturated heterocycles. The first-order chi connectivity index (χ1) is 13.7. The molecule has 3 heterocycles. The zero-order chi connectivity index (χ0) is 19.3. The van der Waals surface area contributed by atoms with Gasteiger partial charge in [0.25, 0.3) is 0 Å². The number of piperidine rings is 2. The van der Waals surface area contributed by atoms with E-state index in [1.165, 1.54) is 19.3 Å². The second-order valence-electron chi connectivity index (χ2n) is 7.88. The third-order valence-corrected chi connectivity index (χ3v) is 6.01. The Labute approximate surface area is 166 Å². The van der Waals surface area contributed by atoms with Crippen LogP contribution in [-0.2, 0) is 6.54 Å². The Bertz CT molecular complexity index is 746. The van der Waals surface area contributed by atoms with Gasteiger partial charge in [0.15, 0.2) is 5.76 Å². The Morgan fingerprint density at radius 2 is 1.93 bits per heavy atom. The van der Waals surface area contributed by atoms with Crippen molar-refractivity contribution in [1.82, 2.24) is 5.32 Å². The molecule has 4 rings (SSSR count). The summed E-state index contributed by atoms with van der Waals surface area (Å²) in [6.07, 6.45) is 7.56. The van der Waals surface area contributed by atoms with Crippen LogP contribution in [0.3, 0.4) is 0 Å². The number of hydrogen-bond acceptors (Lipinski definition) is 3. The molecule has 1 aromatic carbocycles. The fraction of sp³-hybridized carbons (Fsp3) is 0.500. The van der Waals surface area contributed by atoms with Crippen LogP contribution < -0.4 is 20.3 Å². The number of urea groups is 1. The quantitative estimate of drug-likeness (QED) is 0.717. The van der Waals surface area contributed by atoms with Crippen molar-refractivity contribution in [3.05, 3.63) is 48.4 Å². The number of benzene rings is 1. The molecule has 0 radical (unpaired) electrons. The summed E-state index contributed by atoms with van der Waals surface area (Å²) in [6, 6.07) is 12.8. The molecular weight excluding hydrogens is 354 g/mol. The first kappa shape index (κ1) is 18.9. The number of carbonyl (C=O) groups excluding carboxylic acids is 1. The van der Waals surface area contributed by atoms with Gasteiger partial charge in [0.1, 0.15) is 12.3 Å². The molecule has 0 saturated carbocycles. The maximum Gasteiger partial charge on any atom is 0.319 e. The molecule has 2 atom stereocenters. The van der Waals surface area contributed by atoms with E-state index in [2.05, 4.69) is 16.7 Å². The monoisotopic (exact) mass is 384 g/mol. The molecule has 2 fully saturated rings. The summed E-state index contributed by atoms with van der Waals surface area (Å²) in [6.45, 7) is 3.54. The van der Waals surface area contributed by atoms with Crippen LogP contribution >= 0.6 is 0 Å². The lowest BCUT2D eigenvalue weighted by Gasteiger charge is -2.45. The number of carbonyl (C=O) groups is 1. The standard InChI is InChI=1S/C22H29N3O3/c1-2-27-20-10-8-16(9-11-20)23-22(26)24-17-13-18-5-3-6-19(14-17)25(18)15-21-7-4-12-28-21/h4,7-12,17-19H,2-3,5-6,13-15H2,1H3,(H2,23,24,26)/p+1/t18-,19-/m1/s1. The van der Waals surface area contributed by atoms with Crippen LogP contribution in [0.2, 0.25) is 0 Å². The molecule has 6 heteroatoms. The molecule has 2 aromatic rings. The molecule has 1 aromatic heterocycles. The van der Waals surface area contributed by atoms with Crippen molar-refractivity contribution in [2.75, 3.05) is 11.9 Å². The van der Waals surface area contributed by atoms with Crippen molar-refractivity contribution in [1.29, 1.82) is 0 Å². The second-order valence-corrected chi connectivity index (χ2v) is 7.88. The molecule has 0 aliphatic carbocycles. The van der Waals surface area contributed by atoms with Gasteiger partial charge in [-0.25, -0.2) is 4.79 Å². The van der Waals surface area contributed by atoms with Crippen molar-refractivity contribution in [2.24, 2.45) is 0 Å². The number of anilines is 1. The van der Waals surface area contributed by atoms with Crippen LogP contribution in [-0.4, -0.2) is 30.8 Å². The maximum absolute atomic E-state index is 12.5. The average molecular weight is 385 g/mol. The minimum atomic E-state index is -0.123. The molecule has 28 heavy (non-hydrogen) atoms. The minimum Gasteiger partial charge on any atom is -0.494 e. The summed E-state index contributed by atoms with van der Waals surface area (Å²) in [5, 5.41) is 6.14. The van der Waals surface area contributed by atoms with E-state index in [4.69, 9.17) is 9.15 Å². The Hall–Kier alpha value is -2.47. The molecule has 0 unspecified atom stereocenters. The zero-order valence-electron chi connectivity index (χ0n) is 16.4. The number of furan rings is 1. The summed E-state index contributed by atoms with van der Waals surface area (Å²) in [5.41, 5.74) is 0.780. The van der Waals surface area contributed by atoms with E-state index in [9.17, 15) is 4.79 Å². The van der Waals surface area contributed by atoms with Gasteiger partial charge in [-0.15, -0.1) is 0 Å². The summed E-state index contributed by atoms with van der Waals surface area (Å²) in [5.74, 6) is 1.87. The number of rotatable bonds is 6. The molecule has 2 amide bonds. The van der Waals surface area contributed by atoms with Gasteiger partial charge in [-0.1, -0.05) is 0 Å². The topological polar surface area (TPSA) is 67.9 Å². The fourth-order valence-electron chi connectivity index (χ4n) is 4.81. The van der Waals surface area contributed by atoms with Crippen molar-refractivity contribution < 1.29 is 18.8 Å². The summed E-state index contributed by atoms with van der Waals surface area (Å²) in [7, 11) is 0. The lowest BCUT2D eigenvalue weighted by Crippen LogP contribution is -3.20. The number of fused-ring (bicyclic) bond motifs is 2. The highest BCUT2D eigenvalue weighted by atomic mass is 16.5. The third kappa shape index (κ3) is 4.50. The van der Waals surface area contributed by atoms with Crippen LogP contribution in [0.25, 0.3) is 0 Å². The van der Waals surface area contributed by atoms with Crippen molar-refractivity contribution in [3.8, 4) is 5.75 Å². The number of nitrogens with one attached hydrogen (secondary N) is 3. The highest BCUT2D eigenvalue weighted by Gasteiger charge is 2.42. The van der Waals surface area contributed by atoms with Gasteiger partial charge in [0.2, 0.25) is 0 Å². The smallest absolute Gasteiger partial charge is 0.319 e. The van der Waals surface area contributed by atoms with Crippen molar-refractivity contribution >= 4 is 11.7 Å². The Morgan fingerprint density at radius 1 is 1.18 bits per heavy atom. The molecule has 6 nitrogen and oxygen atoms in total. The van der Waals surface area contributed by atoms with Crippen LogP contribution in [0, 0.1) is 0 Å². The van der Waals surface area contributed by atoms with Crippen molar-refractivity contribution in [3.63, 3.8) is 0 Å². The van der Waals surface area contributed by atoms with Gasteiger partial charge in [0, 0.05) is 24.6 Å². The Kier molecular flexibility index (Phi) is 5.86. The number of hydrogen-bond donors (Lipinski definition) is 3. The molecule has 0 spiro atoms. The summed E-state index contributed by atoms with van der Waals surface area (Å²) >= 11 is 0. The number of quaternary nitrogens is 1. The summed E-state index contributed by atoms with van der Waals surface area (Å²) < 4.78 is 11.0. The first-order valence-electron chi connectivity index (χ1n) is 10.4. The highest BCUT2D eigenvalue weighted by Crippen LogP contribution is 2.23. The molecule has 2 bridgehead atoms. The average Bonchev–Trinajstić information content (AvgIpc) is 3.17. The van der Waals surface area contributed by atoms with Gasteiger partial charge in [0.05, 0.1) is 25.0 Å². The SMILES string of the molecule is CCOc1ccc(NC(=O)NC2C[C@H]3CCC[C@H](C2)[NH+]3Cc2ccco2)cc1. The van der Waals surface area contributed by atoms with E-state index in [0.717, 1.165) is 36.6 Å². The van der Waals surface area contributed by atoms with Crippen LogP contribution in [0.1, 0.15) is 44.8 Å². The lowest BCUT2D eigenvalue weighted by molar-refractivity contribution is -0.974. The molecule has 2 aliphatic rings. The van der Waals surface area contributed by atoms with Crippen LogP contribution in [0.15, 0.2) is 47.1 Å². The highest BCUT2D eigenvalue weighted by molar-refractivity contribution is 5.89. The van der Waals surface area contributed by atoms with E-state index >= 15 is 0 Å². The molecule has 2 aliphatic heterocycles. The van der Waals surface area contributed by atoms with Gasteiger partial charge >= 0.3 is 6.03 Å². The third-order valence-electron chi connectivity index (χ3n) is 6.01. The molecular formula is C22H30N3O3+. The fourth-order valence-corrected chi connectivity index (χ4v) is 4.81. The van der Waals surface area contributed by atoms with Crippen LogP contribution in [0.4, 0.5) is 10.5 Å². The Balaban J connectivity index is 1.31. The minimum absolute atomic E-state index is 0.123. The Morgan fingerprint density at radius 3 is 2.57 bits per heavy atom. The van der Waals surface area contributed by atoms with E-state index in [1.807, 2.05) is 37.3 Å². The van der Waals surface area contributed by atoms with E-state index in [-0.39, 0.29) is 12.1 Å². The predicted octanol–water partition coefficient (Wildman–Crippen LogP) is 2.97. The largest absolute Gasteiger partial charge is 0.494 e. The van der Waals surface area contributed by atoms with E-state index < -0.39 is 0 Å². The van der Waals surface area contributed by atoms with E-state index in [0.29, 0.717) is 18.7 Å². The lowest BCUT2D eigenvalue weighted by atomic mass is 9.81. The van der Waals surface area contributed by atoms with Gasteiger partial charge in [-0.3, -0.25) is 0 Å².